The summed E-state index contributed by atoms with van der Waals surface area (Å²) >= 11 is -5.12. The predicted octanol–water partition coefficient (Wildman–Crippen LogP) is -2.82. The van der Waals surface area contributed by atoms with Crippen molar-refractivity contribution in [3.8, 4) is 0 Å². The van der Waals surface area contributed by atoms with Crippen molar-refractivity contribution in [2.24, 2.45) is 0 Å². The van der Waals surface area contributed by atoms with E-state index in [4.69, 9.17) is 16.0 Å². The second kappa shape index (κ2) is 3.83. The molecule has 0 aliphatic heterocycles. The van der Waals surface area contributed by atoms with Crippen LogP contribution in [0.3, 0.4) is 0 Å². The molecule has 0 bridgehead atoms. The maximum atomic E-state index is 8.94. The average Bonchev–Trinajstić information content (AvgIpc) is 0.722. The van der Waals surface area contributed by atoms with E-state index in [1.807, 2.05) is 0 Å². The van der Waals surface area contributed by atoms with Crippen LogP contribution in [0.2, 0.25) is 0 Å². The molecule has 6 heteroatoms. The van der Waals surface area contributed by atoms with Gasteiger partial charge in [-0.2, -0.15) is 0 Å². The van der Waals surface area contributed by atoms with E-state index < -0.39 is 14.5 Å². The second-order valence-corrected chi connectivity index (χ2v) is 2.67. The van der Waals surface area contributed by atoms with Crippen molar-refractivity contribution < 1.29 is 16.0 Å². The van der Waals surface area contributed by atoms with Gasteiger partial charge >= 0.3 is 81.9 Å². The average molecular weight is 182 g/mol. The molecule has 0 saturated heterocycles. The third-order valence-corrected chi connectivity index (χ3v) is 0. The molecule has 0 aromatic rings. The summed E-state index contributed by atoms with van der Waals surface area (Å²) in [4.78, 5) is 0. The van der Waals surface area contributed by atoms with Crippen LogP contribution in [0.15, 0.2) is 0 Å². The molecule has 0 heterocycles. The molecule has 0 spiro atoms. The van der Waals surface area contributed by atoms with E-state index in [2.05, 4.69) is 0 Å². The number of hydrogen-bond donors (Lipinski definition) is 3. The molecule has 6 heavy (non-hydrogen) atoms. The monoisotopic (exact) mass is 182 g/mol. The Morgan fingerprint density at radius 1 is 1.17 bits per heavy atom. The van der Waals surface area contributed by atoms with Crippen molar-refractivity contribution in [3.63, 3.8) is 0 Å². The fourth-order valence-electron chi connectivity index (χ4n) is 0. The first kappa shape index (κ1) is 10.8. The Bertz CT molecular complexity index is 53.7. The number of hydrogen-bond acceptors (Lipinski definition) is 1. The molecule has 0 rings (SSSR count). The summed E-state index contributed by atoms with van der Waals surface area (Å²) in [6.07, 6.45) is 0. The summed E-state index contributed by atoms with van der Waals surface area (Å²) < 4.78 is 30.7. The van der Waals surface area contributed by atoms with Crippen LogP contribution in [0.1, 0.15) is 0 Å². The van der Waals surface area contributed by atoms with Gasteiger partial charge in [0.25, 0.3) is 0 Å². The van der Waals surface area contributed by atoms with E-state index in [0.29, 0.717) is 0 Å². The van der Waals surface area contributed by atoms with Crippen LogP contribution < -0.4 is 0 Å². The van der Waals surface area contributed by atoms with Crippen molar-refractivity contribution in [1.82, 2.24) is 0 Å². The van der Waals surface area contributed by atoms with Crippen molar-refractivity contribution in [1.29, 1.82) is 0 Å². The third-order valence-electron chi connectivity index (χ3n) is 0. The zero-order chi connectivity index (χ0) is 4.50. The van der Waals surface area contributed by atoms with Crippen LogP contribution in [-0.4, -0.2) is 78.2 Å². The van der Waals surface area contributed by atoms with Crippen LogP contribution in [0, 0.1) is 0 Å². The Kier molecular flexibility index (Phi) is 6.88. The summed E-state index contributed by atoms with van der Waals surface area (Å²) in [6, 6.07) is 0. The van der Waals surface area contributed by atoms with Gasteiger partial charge in [0.05, 0.1) is 0 Å². The predicted molar refractivity (Wildman–Crippen MR) is 20.2 cm³/mol. The van der Waals surface area contributed by atoms with Crippen LogP contribution in [0.25, 0.3) is 0 Å². The van der Waals surface area contributed by atoms with E-state index in [-0.39, 0.29) is 51.4 Å². The Morgan fingerprint density at radius 2 is 1.17 bits per heavy atom. The first-order valence-corrected chi connectivity index (χ1v) is 4.07. The third kappa shape index (κ3) is 39.7. The molecule has 0 unspecified atom stereocenters. The molecule has 0 aliphatic rings. The van der Waals surface area contributed by atoms with E-state index >= 15 is 0 Å². The molecular weight excluding hydrogens is 178 g/mol. The first-order valence-electron chi connectivity index (χ1n) is 0.783. The van der Waals surface area contributed by atoms with Gasteiger partial charge < -0.3 is 0 Å². The van der Waals surface area contributed by atoms with E-state index in [0.717, 1.165) is 0 Å². The van der Waals surface area contributed by atoms with E-state index in [1.165, 1.54) is 0 Å². The molecular formula is H4AsKO4. The summed E-state index contributed by atoms with van der Waals surface area (Å²) in [5.41, 5.74) is 0. The number of rotatable bonds is 0. The molecule has 0 aromatic carbocycles. The summed E-state index contributed by atoms with van der Waals surface area (Å²) in [7, 11) is 0. The first-order chi connectivity index (χ1) is 2.00. The van der Waals surface area contributed by atoms with Crippen molar-refractivity contribution in [2.45, 2.75) is 0 Å². The standard InChI is InChI=1S/AsH3O4.K.H/c2-1(3,4)5;;/h(H3,2,3,4,5);;. The van der Waals surface area contributed by atoms with Gasteiger partial charge in [0.2, 0.25) is 0 Å². The minimum atomic E-state index is -5.12. The van der Waals surface area contributed by atoms with Gasteiger partial charge in [-0.15, -0.1) is 0 Å². The fraction of sp³-hybridized carbons (Fsp3) is 0. The minimum absolute atomic E-state index is 0. The second-order valence-electron chi connectivity index (χ2n) is 0.513. The molecule has 0 amide bonds. The Labute approximate surface area is 80.3 Å². The molecule has 4 nitrogen and oxygen atoms in total. The van der Waals surface area contributed by atoms with Gasteiger partial charge in [-0.3, -0.25) is 0 Å². The Balaban J connectivity index is 0. The zero-order valence-corrected chi connectivity index (χ0v) is 4.07. The maximum absolute atomic E-state index is 8.94. The van der Waals surface area contributed by atoms with Crippen LogP contribution in [0.5, 0.6) is 0 Å². The molecule has 0 radical (unpaired) electrons. The molecule has 0 fully saturated rings. The van der Waals surface area contributed by atoms with Crippen LogP contribution in [-0.2, 0) is 3.74 Å². The Hall–Kier alpha value is 1.87. The quantitative estimate of drug-likeness (QED) is 0.353. The molecule has 34 valence electrons. The van der Waals surface area contributed by atoms with Crippen molar-refractivity contribution in [3.05, 3.63) is 0 Å². The zero-order valence-electron chi connectivity index (χ0n) is 2.20. The van der Waals surface area contributed by atoms with Gasteiger partial charge in [0.1, 0.15) is 0 Å². The molecule has 3 N–H and O–H groups in total. The molecule has 0 aliphatic carbocycles. The van der Waals surface area contributed by atoms with Gasteiger partial charge in [0, 0.05) is 0 Å². The van der Waals surface area contributed by atoms with Crippen molar-refractivity contribution >= 4 is 65.9 Å². The van der Waals surface area contributed by atoms with Gasteiger partial charge in [-0.1, -0.05) is 0 Å². The van der Waals surface area contributed by atoms with Crippen LogP contribution in [0.4, 0.5) is 0 Å². The van der Waals surface area contributed by atoms with E-state index in [1.54, 1.807) is 0 Å². The molecule has 0 aromatic heterocycles. The Morgan fingerprint density at radius 3 is 1.17 bits per heavy atom. The van der Waals surface area contributed by atoms with Gasteiger partial charge in [-0.25, -0.2) is 0 Å². The summed E-state index contributed by atoms with van der Waals surface area (Å²) in [6.45, 7) is 0. The van der Waals surface area contributed by atoms with E-state index in [9.17, 15) is 0 Å². The summed E-state index contributed by atoms with van der Waals surface area (Å²) in [5.74, 6) is 0. The normalized spacial score (nSPS) is 9.83. The van der Waals surface area contributed by atoms with Gasteiger partial charge in [0.15, 0.2) is 0 Å². The fourth-order valence-corrected chi connectivity index (χ4v) is 0. The summed E-state index contributed by atoms with van der Waals surface area (Å²) in [5, 5.41) is 0. The SMILES string of the molecule is O=[As](O)(O)O.[KH]. The van der Waals surface area contributed by atoms with Gasteiger partial charge in [-0.05, 0) is 0 Å². The molecule has 0 saturated carbocycles. The van der Waals surface area contributed by atoms with Crippen molar-refractivity contribution in [2.75, 3.05) is 0 Å². The van der Waals surface area contributed by atoms with Crippen LogP contribution >= 0.6 is 0 Å². The topological polar surface area (TPSA) is 77.8 Å². The molecule has 0 atom stereocenters.